The molecular weight excluding hydrogens is 274 g/mol. The van der Waals surface area contributed by atoms with Crippen LogP contribution < -0.4 is 10.1 Å². The van der Waals surface area contributed by atoms with E-state index in [2.05, 4.69) is 15.3 Å². The van der Waals surface area contributed by atoms with Crippen molar-refractivity contribution in [3.8, 4) is 5.88 Å². The van der Waals surface area contributed by atoms with E-state index < -0.39 is 11.9 Å². The Morgan fingerprint density at radius 1 is 1.24 bits per heavy atom. The highest BCUT2D eigenvalue weighted by Gasteiger charge is 2.19. The van der Waals surface area contributed by atoms with Gasteiger partial charge >= 0.3 is 5.97 Å². The summed E-state index contributed by atoms with van der Waals surface area (Å²) in [5.74, 6) is -1.59. The number of carboxylic acids is 1. The third-order valence-electron chi connectivity index (χ3n) is 2.55. The Morgan fingerprint density at radius 3 is 2.67 bits per heavy atom. The van der Waals surface area contributed by atoms with Crippen molar-refractivity contribution >= 4 is 17.6 Å². The van der Waals surface area contributed by atoms with Crippen LogP contribution in [0.2, 0.25) is 0 Å². The average Bonchev–Trinajstić information content (AvgIpc) is 2.49. The average molecular weight is 287 g/mol. The van der Waals surface area contributed by atoms with Crippen molar-refractivity contribution in [1.29, 1.82) is 0 Å². The fourth-order valence-corrected chi connectivity index (χ4v) is 1.68. The molecule has 0 aliphatic carbocycles. The molecule has 7 nitrogen and oxygen atoms in total. The van der Waals surface area contributed by atoms with Crippen LogP contribution in [-0.2, 0) is 0 Å². The minimum atomic E-state index is -1.22. The lowest BCUT2D eigenvalue weighted by molar-refractivity contribution is 0.0691. The van der Waals surface area contributed by atoms with Gasteiger partial charge in [-0.3, -0.25) is 9.78 Å². The van der Waals surface area contributed by atoms with Gasteiger partial charge in [-0.1, -0.05) is 0 Å². The van der Waals surface area contributed by atoms with Crippen LogP contribution in [0.5, 0.6) is 5.88 Å². The third kappa shape index (κ3) is 3.33. The number of carbonyl (C=O) groups is 2. The Labute approximate surface area is 120 Å². The van der Waals surface area contributed by atoms with Crippen molar-refractivity contribution in [1.82, 2.24) is 9.97 Å². The summed E-state index contributed by atoms with van der Waals surface area (Å²) in [7, 11) is 0. The summed E-state index contributed by atoms with van der Waals surface area (Å²) in [5, 5.41) is 11.6. The van der Waals surface area contributed by atoms with Crippen molar-refractivity contribution in [2.45, 2.75) is 6.92 Å². The number of aromatic carboxylic acids is 1. The zero-order chi connectivity index (χ0) is 15.2. The maximum absolute atomic E-state index is 12.2. The molecule has 0 spiro atoms. The molecule has 0 atom stereocenters. The van der Waals surface area contributed by atoms with E-state index in [1.807, 2.05) is 0 Å². The maximum atomic E-state index is 12.2. The molecule has 0 saturated carbocycles. The van der Waals surface area contributed by atoms with Crippen LogP contribution in [0.15, 0.2) is 36.7 Å². The van der Waals surface area contributed by atoms with E-state index in [1.165, 1.54) is 24.5 Å². The fraction of sp³-hybridized carbons (Fsp3) is 0.143. The topological polar surface area (TPSA) is 101 Å². The molecule has 2 heterocycles. The van der Waals surface area contributed by atoms with Crippen molar-refractivity contribution in [3.63, 3.8) is 0 Å². The van der Waals surface area contributed by atoms with Gasteiger partial charge in [-0.15, -0.1) is 0 Å². The highest BCUT2D eigenvalue weighted by Crippen LogP contribution is 2.21. The first kappa shape index (κ1) is 14.4. The van der Waals surface area contributed by atoms with Gasteiger partial charge in [-0.2, -0.15) is 0 Å². The zero-order valence-electron chi connectivity index (χ0n) is 11.2. The quantitative estimate of drug-likeness (QED) is 0.869. The number of aromatic nitrogens is 2. The Kier molecular flexibility index (Phi) is 4.45. The Morgan fingerprint density at radius 2 is 1.95 bits per heavy atom. The lowest BCUT2D eigenvalue weighted by atomic mass is 10.2. The van der Waals surface area contributed by atoms with E-state index in [0.717, 1.165) is 0 Å². The van der Waals surface area contributed by atoms with Gasteiger partial charge in [0.25, 0.3) is 5.91 Å². The molecule has 0 aliphatic heterocycles. The van der Waals surface area contributed by atoms with E-state index in [1.54, 1.807) is 19.1 Å². The Hall–Kier alpha value is -2.96. The molecule has 1 amide bonds. The number of carboxylic acid groups (broad SMARTS) is 1. The molecule has 0 fully saturated rings. The number of hydrogen-bond acceptors (Lipinski definition) is 5. The summed E-state index contributed by atoms with van der Waals surface area (Å²) >= 11 is 0. The van der Waals surface area contributed by atoms with Crippen LogP contribution in [0.3, 0.4) is 0 Å². The fourth-order valence-electron chi connectivity index (χ4n) is 1.68. The summed E-state index contributed by atoms with van der Waals surface area (Å²) in [4.78, 5) is 31.1. The molecule has 0 aromatic carbocycles. The second-order valence-corrected chi connectivity index (χ2v) is 3.95. The van der Waals surface area contributed by atoms with Crippen LogP contribution in [0.25, 0.3) is 0 Å². The lowest BCUT2D eigenvalue weighted by Gasteiger charge is -2.10. The molecule has 0 radical (unpaired) electrons. The summed E-state index contributed by atoms with van der Waals surface area (Å²) in [6.07, 6.45) is 2.89. The molecule has 0 saturated heterocycles. The van der Waals surface area contributed by atoms with Gasteiger partial charge in [0.1, 0.15) is 11.4 Å². The predicted octanol–water partition coefficient (Wildman–Crippen LogP) is 1.83. The first-order chi connectivity index (χ1) is 10.1. The van der Waals surface area contributed by atoms with Gasteiger partial charge in [0.05, 0.1) is 12.2 Å². The number of ether oxygens (including phenoxy) is 1. The number of hydrogen-bond donors (Lipinski definition) is 2. The third-order valence-corrected chi connectivity index (χ3v) is 2.55. The molecule has 0 aliphatic rings. The van der Waals surface area contributed by atoms with Crippen molar-refractivity contribution in [2.24, 2.45) is 0 Å². The Bertz CT molecular complexity index is 673. The van der Waals surface area contributed by atoms with Crippen LogP contribution in [0, 0.1) is 0 Å². The zero-order valence-corrected chi connectivity index (χ0v) is 11.2. The van der Waals surface area contributed by atoms with Crippen LogP contribution >= 0.6 is 0 Å². The monoisotopic (exact) mass is 287 g/mol. The molecule has 2 aromatic rings. The smallest absolute Gasteiger partial charge is 0.338 e. The van der Waals surface area contributed by atoms with Crippen molar-refractivity contribution in [3.05, 3.63) is 47.9 Å². The summed E-state index contributed by atoms with van der Waals surface area (Å²) < 4.78 is 5.29. The normalized spacial score (nSPS) is 9.95. The van der Waals surface area contributed by atoms with Gasteiger partial charge in [-0.25, -0.2) is 9.78 Å². The van der Waals surface area contributed by atoms with E-state index in [4.69, 9.17) is 9.84 Å². The SMILES string of the molecule is CCOc1ncccc1NC(=O)c1ncccc1C(=O)O. The Balaban J connectivity index is 2.29. The number of rotatable bonds is 5. The highest BCUT2D eigenvalue weighted by atomic mass is 16.5. The van der Waals surface area contributed by atoms with Gasteiger partial charge in [-0.05, 0) is 31.2 Å². The molecule has 2 N–H and O–H groups in total. The van der Waals surface area contributed by atoms with E-state index in [-0.39, 0.29) is 17.1 Å². The molecule has 2 rings (SSSR count). The van der Waals surface area contributed by atoms with E-state index >= 15 is 0 Å². The van der Waals surface area contributed by atoms with Gasteiger partial charge in [0.2, 0.25) is 5.88 Å². The molecule has 0 bridgehead atoms. The minimum Gasteiger partial charge on any atom is -0.478 e. The maximum Gasteiger partial charge on any atom is 0.338 e. The van der Waals surface area contributed by atoms with Gasteiger partial charge < -0.3 is 15.2 Å². The van der Waals surface area contributed by atoms with Gasteiger partial charge in [0.15, 0.2) is 0 Å². The van der Waals surface area contributed by atoms with E-state index in [9.17, 15) is 9.59 Å². The van der Waals surface area contributed by atoms with Crippen LogP contribution in [-0.4, -0.2) is 33.6 Å². The number of nitrogens with one attached hydrogen (secondary N) is 1. The summed E-state index contributed by atoms with van der Waals surface area (Å²) in [6, 6.07) is 6.01. The first-order valence-corrected chi connectivity index (χ1v) is 6.21. The van der Waals surface area contributed by atoms with Crippen LogP contribution in [0.4, 0.5) is 5.69 Å². The first-order valence-electron chi connectivity index (χ1n) is 6.21. The number of amides is 1. The molecular formula is C14H13N3O4. The predicted molar refractivity (Wildman–Crippen MR) is 74.6 cm³/mol. The lowest BCUT2D eigenvalue weighted by Crippen LogP contribution is -2.18. The molecule has 108 valence electrons. The van der Waals surface area contributed by atoms with Crippen molar-refractivity contribution in [2.75, 3.05) is 11.9 Å². The summed E-state index contributed by atoms with van der Waals surface area (Å²) in [6.45, 7) is 2.19. The van der Waals surface area contributed by atoms with Crippen LogP contribution in [0.1, 0.15) is 27.8 Å². The second kappa shape index (κ2) is 6.47. The number of pyridine rings is 2. The van der Waals surface area contributed by atoms with E-state index in [0.29, 0.717) is 12.3 Å². The largest absolute Gasteiger partial charge is 0.478 e. The molecule has 21 heavy (non-hydrogen) atoms. The number of anilines is 1. The van der Waals surface area contributed by atoms with Crippen molar-refractivity contribution < 1.29 is 19.4 Å². The second-order valence-electron chi connectivity index (χ2n) is 3.95. The molecule has 7 heteroatoms. The standard InChI is InChI=1S/C14H13N3O4/c1-2-21-13-10(6-4-8-16-13)17-12(18)11-9(14(19)20)5-3-7-15-11/h3-8H,2H2,1H3,(H,17,18)(H,19,20). The molecule has 2 aromatic heterocycles. The molecule has 0 unspecified atom stereocenters. The minimum absolute atomic E-state index is 0.170. The number of carbonyl (C=O) groups excluding carboxylic acids is 1. The van der Waals surface area contributed by atoms with Gasteiger partial charge in [0, 0.05) is 12.4 Å². The number of nitrogens with zero attached hydrogens (tertiary/aromatic N) is 2. The summed E-state index contributed by atoms with van der Waals surface area (Å²) in [5.41, 5.74) is 0.0134. The highest BCUT2D eigenvalue weighted by molar-refractivity contribution is 6.09.